The highest BCUT2D eigenvalue weighted by atomic mass is 35.5. The Morgan fingerprint density at radius 3 is 2.79 bits per heavy atom. The molecule has 1 aromatic carbocycles. The van der Waals surface area contributed by atoms with Crippen molar-refractivity contribution in [2.75, 3.05) is 25.3 Å². The summed E-state index contributed by atoms with van der Waals surface area (Å²) >= 11 is 5.87. The second kappa shape index (κ2) is 5.98. The third kappa shape index (κ3) is 3.99. The van der Waals surface area contributed by atoms with Crippen LogP contribution in [0.25, 0.3) is 0 Å². The number of anilines is 1. The molecule has 1 heterocycles. The highest BCUT2D eigenvalue weighted by molar-refractivity contribution is 6.33. The van der Waals surface area contributed by atoms with Gasteiger partial charge in [0.05, 0.1) is 29.0 Å². The van der Waals surface area contributed by atoms with Crippen LogP contribution in [0.3, 0.4) is 0 Å². The van der Waals surface area contributed by atoms with Crippen molar-refractivity contribution in [3.05, 3.63) is 28.8 Å². The maximum absolute atomic E-state index is 12.6. The average molecular weight is 296 g/mol. The molecule has 1 saturated heterocycles. The third-order valence-electron chi connectivity index (χ3n) is 2.79. The van der Waals surface area contributed by atoms with Crippen molar-refractivity contribution in [3.63, 3.8) is 0 Å². The lowest BCUT2D eigenvalue weighted by atomic mass is 10.2. The third-order valence-corrected chi connectivity index (χ3v) is 3.11. The molecule has 0 amide bonds. The van der Waals surface area contributed by atoms with Gasteiger partial charge in [0.1, 0.15) is 6.79 Å². The number of halogens is 4. The number of hydrogen-bond acceptors (Lipinski definition) is 3. The first-order chi connectivity index (χ1) is 8.97. The predicted molar refractivity (Wildman–Crippen MR) is 65.3 cm³/mol. The normalized spacial score (nSPS) is 20.3. The summed E-state index contributed by atoms with van der Waals surface area (Å²) in [5, 5.41) is 3.13. The van der Waals surface area contributed by atoms with Crippen LogP contribution in [-0.2, 0) is 15.7 Å². The van der Waals surface area contributed by atoms with Crippen molar-refractivity contribution in [2.24, 2.45) is 0 Å². The summed E-state index contributed by atoms with van der Waals surface area (Å²) in [6, 6.07) is 3.19. The lowest BCUT2D eigenvalue weighted by Crippen LogP contribution is -2.30. The maximum Gasteiger partial charge on any atom is 0.416 e. The van der Waals surface area contributed by atoms with Gasteiger partial charge in [0.25, 0.3) is 0 Å². The van der Waals surface area contributed by atoms with E-state index in [2.05, 4.69) is 5.32 Å². The molecule has 1 atom stereocenters. The number of hydrogen-bond donors (Lipinski definition) is 1. The second-order valence-corrected chi connectivity index (χ2v) is 4.58. The lowest BCUT2D eigenvalue weighted by molar-refractivity contribution is -0.137. The van der Waals surface area contributed by atoms with Crippen molar-refractivity contribution >= 4 is 17.3 Å². The molecule has 3 nitrogen and oxygen atoms in total. The molecule has 7 heteroatoms. The molecule has 0 bridgehead atoms. The SMILES string of the molecule is FC(F)(F)c1ccc(Cl)c(NCC2CCOCO2)c1. The Hall–Kier alpha value is -0.980. The van der Waals surface area contributed by atoms with Crippen molar-refractivity contribution in [1.29, 1.82) is 0 Å². The Balaban J connectivity index is 2.02. The van der Waals surface area contributed by atoms with Crippen LogP contribution >= 0.6 is 11.6 Å². The van der Waals surface area contributed by atoms with Gasteiger partial charge < -0.3 is 14.8 Å². The predicted octanol–water partition coefficient (Wildman–Crippen LogP) is 3.53. The van der Waals surface area contributed by atoms with E-state index in [4.69, 9.17) is 21.1 Å². The first kappa shape index (κ1) is 14.4. The molecule has 0 radical (unpaired) electrons. The molecule has 0 aliphatic carbocycles. The summed E-state index contributed by atoms with van der Waals surface area (Å²) in [7, 11) is 0. The molecular formula is C12H13ClF3NO2. The minimum Gasteiger partial charge on any atom is -0.381 e. The lowest BCUT2D eigenvalue weighted by Gasteiger charge is -2.23. The van der Waals surface area contributed by atoms with Gasteiger partial charge in [0, 0.05) is 6.54 Å². The van der Waals surface area contributed by atoms with E-state index in [9.17, 15) is 13.2 Å². The minimum atomic E-state index is -4.38. The van der Waals surface area contributed by atoms with E-state index in [-0.39, 0.29) is 23.6 Å². The molecular weight excluding hydrogens is 283 g/mol. The molecule has 0 saturated carbocycles. The van der Waals surface area contributed by atoms with Crippen LogP contribution in [-0.4, -0.2) is 26.0 Å². The van der Waals surface area contributed by atoms with Crippen LogP contribution in [0.4, 0.5) is 18.9 Å². The van der Waals surface area contributed by atoms with Crippen molar-refractivity contribution in [3.8, 4) is 0 Å². The zero-order valence-corrected chi connectivity index (χ0v) is 10.7. The zero-order chi connectivity index (χ0) is 13.9. The fourth-order valence-electron chi connectivity index (χ4n) is 1.72. The highest BCUT2D eigenvalue weighted by Gasteiger charge is 2.31. The first-order valence-corrected chi connectivity index (χ1v) is 6.14. The number of benzene rings is 1. The summed E-state index contributed by atoms with van der Waals surface area (Å²) in [5.41, 5.74) is -0.473. The summed E-state index contributed by atoms with van der Waals surface area (Å²) in [6.07, 6.45) is -3.76. The first-order valence-electron chi connectivity index (χ1n) is 5.77. The van der Waals surface area contributed by atoms with Gasteiger partial charge in [-0.25, -0.2) is 0 Å². The van der Waals surface area contributed by atoms with E-state index in [0.29, 0.717) is 19.6 Å². The van der Waals surface area contributed by atoms with Gasteiger partial charge in [-0.1, -0.05) is 11.6 Å². The zero-order valence-electron chi connectivity index (χ0n) is 9.97. The van der Waals surface area contributed by atoms with Crippen LogP contribution in [0.5, 0.6) is 0 Å². The Morgan fingerprint density at radius 2 is 2.16 bits per heavy atom. The standard InChI is InChI=1S/C12H13ClF3NO2/c13-10-2-1-8(12(14,15)16)5-11(10)17-6-9-3-4-18-7-19-9/h1-2,5,9,17H,3-4,6-7H2. The van der Waals surface area contributed by atoms with Gasteiger partial charge in [-0.15, -0.1) is 0 Å². The smallest absolute Gasteiger partial charge is 0.381 e. The van der Waals surface area contributed by atoms with Crippen LogP contribution in [0, 0.1) is 0 Å². The highest BCUT2D eigenvalue weighted by Crippen LogP contribution is 2.33. The molecule has 1 aliphatic rings. The molecule has 0 aromatic heterocycles. The Labute approximate surface area is 113 Å². The summed E-state index contributed by atoms with van der Waals surface area (Å²) in [6.45, 7) is 1.19. The van der Waals surface area contributed by atoms with Crippen molar-refractivity contribution in [1.82, 2.24) is 0 Å². The van der Waals surface area contributed by atoms with Crippen LogP contribution < -0.4 is 5.32 Å². The average Bonchev–Trinajstić information content (AvgIpc) is 2.37. The molecule has 1 N–H and O–H groups in total. The van der Waals surface area contributed by atoms with Gasteiger partial charge in [-0.2, -0.15) is 13.2 Å². The topological polar surface area (TPSA) is 30.5 Å². The van der Waals surface area contributed by atoms with E-state index in [0.717, 1.165) is 12.1 Å². The van der Waals surface area contributed by atoms with Crippen molar-refractivity contribution in [2.45, 2.75) is 18.7 Å². The van der Waals surface area contributed by atoms with Crippen LogP contribution in [0.15, 0.2) is 18.2 Å². The van der Waals surface area contributed by atoms with Gasteiger partial charge in [0.2, 0.25) is 0 Å². The Morgan fingerprint density at radius 1 is 1.37 bits per heavy atom. The summed E-state index contributed by atoms with van der Waals surface area (Å²) < 4.78 is 48.0. The molecule has 1 aliphatic heterocycles. The maximum atomic E-state index is 12.6. The van der Waals surface area contributed by atoms with E-state index >= 15 is 0 Å². The molecule has 0 spiro atoms. The van der Waals surface area contributed by atoms with E-state index in [1.54, 1.807) is 0 Å². The van der Waals surface area contributed by atoms with Crippen molar-refractivity contribution < 1.29 is 22.6 Å². The monoisotopic (exact) mass is 295 g/mol. The largest absolute Gasteiger partial charge is 0.416 e. The summed E-state index contributed by atoms with van der Waals surface area (Å²) in [4.78, 5) is 0. The second-order valence-electron chi connectivity index (χ2n) is 4.18. The van der Waals surface area contributed by atoms with E-state index in [1.807, 2.05) is 0 Å². The van der Waals surface area contributed by atoms with E-state index < -0.39 is 11.7 Å². The van der Waals surface area contributed by atoms with Crippen LogP contribution in [0.1, 0.15) is 12.0 Å². The van der Waals surface area contributed by atoms with Gasteiger partial charge in [0.15, 0.2) is 0 Å². The number of nitrogens with one attached hydrogen (secondary N) is 1. The molecule has 1 aromatic rings. The number of ether oxygens (including phenoxy) is 2. The Bertz CT molecular complexity index is 433. The minimum absolute atomic E-state index is 0.0839. The Kier molecular flexibility index (Phi) is 4.54. The molecule has 19 heavy (non-hydrogen) atoms. The number of alkyl halides is 3. The van der Waals surface area contributed by atoms with Gasteiger partial charge >= 0.3 is 6.18 Å². The van der Waals surface area contributed by atoms with E-state index in [1.165, 1.54) is 6.07 Å². The molecule has 106 valence electrons. The molecule has 1 fully saturated rings. The fourth-order valence-corrected chi connectivity index (χ4v) is 1.91. The molecule has 1 unspecified atom stereocenters. The van der Waals surface area contributed by atoms with Gasteiger partial charge in [-0.05, 0) is 24.6 Å². The quantitative estimate of drug-likeness (QED) is 0.925. The molecule has 2 rings (SSSR count). The number of rotatable bonds is 3. The summed E-state index contributed by atoms with van der Waals surface area (Å²) in [5.74, 6) is 0. The van der Waals surface area contributed by atoms with Gasteiger partial charge in [-0.3, -0.25) is 0 Å². The fraction of sp³-hybridized carbons (Fsp3) is 0.500. The van der Waals surface area contributed by atoms with Crippen LogP contribution in [0.2, 0.25) is 5.02 Å².